The molecule has 9 nitrogen and oxygen atoms in total. The van der Waals surface area contributed by atoms with Gasteiger partial charge in [-0.2, -0.15) is 0 Å². The molecule has 0 spiro atoms. The van der Waals surface area contributed by atoms with Crippen molar-refractivity contribution in [2.24, 2.45) is 0 Å². The number of imide groups is 1. The second-order valence-electron chi connectivity index (χ2n) is 8.57. The number of nitrogens with zero attached hydrogens (tertiary/aromatic N) is 2. The lowest BCUT2D eigenvalue weighted by molar-refractivity contribution is -0.143. The Bertz CT molecular complexity index is 1200. The van der Waals surface area contributed by atoms with Crippen LogP contribution in [0, 0.1) is 0 Å². The molecule has 0 radical (unpaired) electrons. The Balaban J connectivity index is 1.27. The van der Waals surface area contributed by atoms with Crippen molar-refractivity contribution in [2.45, 2.75) is 38.6 Å². The van der Waals surface area contributed by atoms with Crippen LogP contribution in [0.4, 0.5) is 0 Å². The smallest absolute Gasteiger partial charge is 0.255 e. The second kappa shape index (κ2) is 9.26. The Hall–Kier alpha value is -3.72. The minimum Gasteiger partial charge on any atom is -0.489 e. The van der Waals surface area contributed by atoms with Crippen LogP contribution >= 0.6 is 0 Å². The van der Waals surface area contributed by atoms with Crippen LogP contribution in [0.2, 0.25) is 0 Å². The quantitative estimate of drug-likeness (QED) is 0.648. The van der Waals surface area contributed by atoms with E-state index in [1.54, 1.807) is 11.0 Å². The summed E-state index contributed by atoms with van der Waals surface area (Å²) in [5.41, 5.74) is 2.86. The average molecular weight is 464 g/mol. The van der Waals surface area contributed by atoms with E-state index in [1.165, 1.54) is 11.0 Å². The summed E-state index contributed by atoms with van der Waals surface area (Å²) in [5, 5.41) is 2.29. The first-order valence-electron chi connectivity index (χ1n) is 11.7. The minimum absolute atomic E-state index is 0.0227. The second-order valence-corrected chi connectivity index (χ2v) is 8.57. The summed E-state index contributed by atoms with van der Waals surface area (Å²) < 4.78 is 19.5. The number of hydrogen-bond acceptors (Lipinski definition) is 6. The van der Waals surface area contributed by atoms with Crippen LogP contribution in [-0.2, 0) is 38.8 Å². The summed E-state index contributed by atoms with van der Waals surface area (Å²) in [6.07, 6.45) is 0.454. The molecule has 3 heterocycles. The Morgan fingerprint density at radius 3 is 2.68 bits per heavy atom. The first-order valence-corrected chi connectivity index (χ1v) is 11.2. The van der Waals surface area contributed by atoms with Crippen LogP contribution in [0.25, 0.3) is 0 Å². The van der Waals surface area contributed by atoms with Crippen molar-refractivity contribution in [1.82, 2.24) is 15.1 Å². The lowest BCUT2D eigenvalue weighted by atomic mass is 10.0. The van der Waals surface area contributed by atoms with Crippen LogP contribution < -0.4 is 10.1 Å². The highest BCUT2D eigenvalue weighted by molar-refractivity contribution is 6.05. The number of ether oxygens (including phenoxy) is 2. The molecule has 1 N–H and O–H groups in total. The molecule has 0 aromatic heterocycles. The SMILES string of the molecule is [2H]c1ccc2c(c1OCc1ccc(CN3CCOCC3=O)cc1)CN(C1CCC(=O)NC1=O)C2=O. The van der Waals surface area contributed by atoms with Crippen molar-refractivity contribution >= 4 is 23.6 Å². The molecule has 1 unspecified atom stereocenters. The summed E-state index contributed by atoms with van der Waals surface area (Å²) >= 11 is 0. The van der Waals surface area contributed by atoms with Gasteiger partial charge in [0.25, 0.3) is 5.91 Å². The molecule has 2 aromatic rings. The topological polar surface area (TPSA) is 105 Å². The molecule has 5 rings (SSSR count). The van der Waals surface area contributed by atoms with Gasteiger partial charge in [-0.1, -0.05) is 30.3 Å². The molecule has 2 aromatic carbocycles. The van der Waals surface area contributed by atoms with Crippen LogP contribution in [0.3, 0.4) is 0 Å². The van der Waals surface area contributed by atoms with Crippen LogP contribution in [0.1, 0.15) is 41.3 Å². The Morgan fingerprint density at radius 2 is 1.91 bits per heavy atom. The van der Waals surface area contributed by atoms with Gasteiger partial charge >= 0.3 is 0 Å². The highest BCUT2D eigenvalue weighted by Gasteiger charge is 2.40. The van der Waals surface area contributed by atoms with Gasteiger partial charge < -0.3 is 19.3 Å². The molecule has 0 aliphatic carbocycles. The maximum absolute atomic E-state index is 13.0. The molecule has 2 fully saturated rings. The Morgan fingerprint density at radius 1 is 1.12 bits per heavy atom. The van der Waals surface area contributed by atoms with E-state index in [0.717, 1.165) is 11.1 Å². The van der Waals surface area contributed by atoms with E-state index in [0.29, 0.717) is 36.6 Å². The zero-order valence-corrected chi connectivity index (χ0v) is 18.5. The maximum Gasteiger partial charge on any atom is 0.255 e. The van der Waals surface area contributed by atoms with Crippen LogP contribution in [0.15, 0.2) is 42.4 Å². The molecule has 0 saturated carbocycles. The minimum atomic E-state index is -0.722. The van der Waals surface area contributed by atoms with E-state index in [1.807, 2.05) is 24.3 Å². The predicted molar refractivity (Wildman–Crippen MR) is 119 cm³/mol. The zero-order chi connectivity index (χ0) is 24.5. The molecule has 0 bridgehead atoms. The number of piperidine rings is 1. The van der Waals surface area contributed by atoms with Gasteiger partial charge in [0.15, 0.2) is 0 Å². The van der Waals surface area contributed by atoms with Crippen LogP contribution in [-0.4, -0.2) is 59.2 Å². The largest absolute Gasteiger partial charge is 0.489 e. The lowest BCUT2D eigenvalue weighted by Gasteiger charge is -2.29. The molecule has 3 aliphatic rings. The maximum atomic E-state index is 13.0. The van der Waals surface area contributed by atoms with E-state index in [2.05, 4.69) is 5.32 Å². The number of rotatable bonds is 6. The van der Waals surface area contributed by atoms with E-state index in [9.17, 15) is 19.2 Å². The van der Waals surface area contributed by atoms with Gasteiger partial charge in [-0.05, 0) is 29.7 Å². The normalized spacial score (nSPS) is 20.8. The Kier molecular flexibility index (Phi) is 5.68. The van der Waals surface area contributed by atoms with E-state index >= 15 is 0 Å². The third kappa shape index (κ3) is 4.38. The highest BCUT2D eigenvalue weighted by Crippen LogP contribution is 2.34. The number of fused-ring (bicyclic) bond motifs is 1. The molecular weight excluding hydrogens is 438 g/mol. The van der Waals surface area contributed by atoms with Gasteiger partial charge in [0.1, 0.15) is 25.0 Å². The molecule has 34 heavy (non-hydrogen) atoms. The summed E-state index contributed by atoms with van der Waals surface area (Å²) in [7, 11) is 0. The van der Waals surface area contributed by atoms with E-state index < -0.39 is 11.9 Å². The van der Waals surface area contributed by atoms with Gasteiger partial charge in [0, 0.05) is 30.6 Å². The first kappa shape index (κ1) is 20.9. The van der Waals surface area contributed by atoms with Crippen molar-refractivity contribution in [3.63, 3.8) is 0 Å². The van der Waals surface area contributed by atoms with Crippen molar-refractivity contribution in [3.8, 4) is 5.75 Å². The zero-order valence-electron chi connectivity index (χ0n) is 19.5. The molecule has 3 aliphatic heterocycles. The molecule has 2 saturated heterocycles. The molecule has 176 valence electrons. The number of morpholine rings is 1. The summed E-state index contributed by atoms with van der Waals surface area (Å²) in [6.45, 7) is 2.10. The predicted octanol–water partition coefficient (Wildman–Crippen LogP) is 1.39. The third-order valence-corrected chi connectivity index (χ3v) is 6.33. The number of hydrogen-bond donors (Lipinski definition) is 1. The average Bonchev–Trinajstić information content (AvgIpc) is 3.17. The number of benzene rings is 2. The van der Waals surface area contributed by atoms with Crippen molar-refractivity contribution in [3.05, 3.63) is 64.7 Å². The summed E-state index contributed by atoms with van der Waals surface area (Å²) in [6, 6.07) is 10.2. The molecular formula is C25H25N3O6. The fourth-order valence-corrected chi connectivity index (χ4v) is 4.46. The summed E-state index contributed by atoms with van der Waals surface area (Å²) in [5.74, 6) is -0.828. The van der Waals surface area contributed by atoms with E-state index in [4.69, 9.17) is 10.8 Å². The van der Waals surface area contributed by atoms with Gasteiger partial charge in [-0.3, -0.25) is 24.5 Å². The van der Waals surface area contributed by atoms with Gasteiger partial charge in [-0.25, -0.2) is 0 Å². The monoisotopic (exact) mass is 464 g/mol. The van der Waals surface area contributed by atoms with Crippen LogP contribution in [0.5, 0.6) is 5.75 Å². The third-order valence-electron chi connectivity index (χ3n) is 6.33. The van der Waals surface area contributed by atoms with Gasteiger partial charge in [-0.15, -0.1) is 0 Å². The highest BCUT2D eigenvalue weighted by atomic mass is 16.5. The Labute approximate surface area is 198 Å². The summed E-state index contributed by atoms with van der Waals surface area (Å²) in [4.78, 5) is 51.9. The number of carbonyl (C=O) groups excluding carboxylic acids is 4. The fraction of sp³-hybridized carbons (Fsp3) is 0.360. The van der Waals surface area contributed by atoms with Gasteiger partial charge in [0.05, 0.1) is 14.5 Å². The number of nitrogens with one attached hydrogen (secondary N) is 1. The standard InChI is InChI=1S/C25H25N3O6/c29-22-9-8-20(24(31)26-22)28-13-19-18(25(28)32)2-1-3-21(19)34-14-17-6-4-16(5-7-17)12-27-10-11-33-15-23(27)30/h1-7,20H,8-15H2,(H,26,29,31)/i3D. The lowest BCUT2D eigenvalue weighted by Crippen LogP contribution is -2.52. The van der Waals surface area contributed by atoms with Crippen molar-refractivity contribution in [2.75, 3.05) is 19.8 Å². The number of carbonyl (C=O) groups is 4. The molecule has 1 atom stereocenters. The van der Waals surface area contributed by atoms with Gasteiger partial charge in [0.2, 0.25) is 17.7 Å². The van der Waals surface area contributed by atoms with Crippen molar-refractivity contribution < 1.29 is 30.0 Å². The first-order chi connectivity index (χ1) is 16.9. The molecule has 4 amide bonds. The fourth-order valence-electron chi connectivity index (χ4n) is 4.46. The van der Waals surface area contributed by atoms with E-state index in [-0.39, 0.29) is 56.4 Å². The number of amides is 4. The van der Waals surface area contributed by atoms with Crippen molar-refractivity contribution in [1.29, 1.82) is 0 Å². The molecule has 9 heteroatoms.